The Morgan fingerprint density at radius 2 is 1.77 bits per heavy atom. The van der Waals surface area contributed by atoms with E-state index in [2.05, 4.69) is 20.7 Å². The first kappa shape index (κ1) is 15.7. The lowest BCUT2D eigenvalue weighted by Crippen LogP contribution is -2.24. The average molecular weight is 351 g/mol. The quantitative estimate of drug-likeness (QED) is 0.625. The summed E-state index contributed by atoms with van der Waals surface area (Å²) in [4.78, 5) is 37.4. The number of nitrogens with zero attached hydrogens (tertiary/aromatic N) is 5. The van der Waals surface area contributed by atoms with Crippen LogP contribution in [0.1, 0.15) is 33.5 Å². The predicted molar refractivity (Wildman–Crippen MR) is 90.3 cm³/mol. The molecule has 0 spiro atoms. The summed E-state index contributed by atoms with van der Waals surface area (Å²) in [5, 5.41) is 14.2. The number of aryl methyl sites for hydroxylation is 1. The summed E-state index contributed by atoms with van der Waals surface area (Å²) in [6, 6.07) is 7.78. The number of hydrogen-bond acceptors (Lipinski definition) is 7. The van der Waals surface area contributed by atoms with Gasteiger partial charge in [0.05, 0.1) is 22.5 Å². The maximum Gasteiger partial charge on any atom is 0.262 e. The maximum absolute atomic E-state index is 12.4. The molecule has 0 bridgehead atoms. The van der Waals surface area contributed by atoms with Crippen molar-refractivity contribution in [2.45, 2.75) is 13.3 Å². The Labute approximate surface area is 146 Å². The van der Waals surface area contributed by atoms with E-state index >= 15 is 0 Å². The van der Waals surface area contributed by atoms with Crippen molar-refractivity contribution in [1.29, 1.82) is 0 Å². The van der Waals surface area contributed by atoms with E-state index in [9.17, 15) is 14.4 Å². The number of tetrazole rings is 1. The number of fused-ring (bicyclic) bond motifs is 1. The zero-order chi connectivity index (χ0) is 18.4. The molecule has 0 fully saturated rings. The molecule has 1 aliphatic rings. The molecule has 26 heavy (non-hydrogen) atoms. The van der Waals surface area contributed by atoms with Crippen LogP contribution in [0.2, 0.25) is 0 Å². The van der Waals surface area contributed by atoms with Crippen molar-refractivity contribution in [1.82, 2.24) is 30.1 Å². The van der Waals surface area contributed by atoms with Gasteiger partial charge in [-0.2, -0.15) is 0 Å². The molecule has 0 atom stereocenters. The topological polar surface area (TPSA) is 138 Å². The number of pyridine rings is 1. The van der Waals surface area contributed by atoms with Gasteiger partial charge in [-0.1, -0.05) is 6.92 Å². The molecule has 1 aliphatic heterocycles. The first-order valence-electron chi connectivity index (χ1n) is 7.80. The van der Waals surface area contributed by atoms with Crippen LogP contribution >= 0.6 is 0 Å². The minimum atomic E-state index is -0.625. The SMILES string of the molecule is CCc1nnn(-c2ccc(-n3c(N)c4c(cc3=O)C(=O)NC4=O)cc2)n1. The Morgan fingerprint density at radius 3 is 2.42 bits per heavy atom. The van der Waals surface area contributed by atoms with Crippen LogP contribution in [0.3, 0.4) is 0 Å². The largest absolute Gasteiger partial charge is 0.384 e. The van der Waals surface area contributed by atoms with Crippen LogP contribution in [0.15, 0.2) is 35.1 Å². The third-order valence-electron chi connectivity index (χ3n) is 4.06. The van der Waals surface area contributed by atoms with Crippen LogP contribution in [0.5, 0.6) is 0 Å². The van der Waals surface area contributed by atoms with Crippen molar-refractivity contribution in [3.63, 3.8) is 0 Å². The molecule has 1 aromatic carbocycles. The van der Waals surface area contributed by atoms with Gasteiger partial charge in [-0.05, 0) is 29.5 Å². The number of carbonyl (C=O) groups is 2. The summed E-state index contributed by atoms with van der Waals surface area (Å²) in [5.41, 5.74) is 6.59. The Hall–Kier alpha value is -3.82. The smallest absolute Gasteiger partial charge is 0.262 e. The van der Waals surface area contributed by atoms with E-state index in [-0.39, 0.29) is 16.9 Å². The predicted octanol–water partition coefficient (Wildman–Crippen LogP) is -0.159. The molecule has 130 valence electrons. The van der Waals surface area contributed by atoms with Gasteiger partial charge < -0.3 is 5.73 Å². The molecule has 0 unspecified atom stereocenters. The molecule has 3 heterocycles. The molecular weight excluding hydrogens is 338 g/mol. The zero-order valence-electron chi connectivity index (χ0n) is 13.6. The van der Waals surface area contributed by atoms with E-state index in [0.29, 0.717) is 23.6 Å². The van der Waals surface area contributed by atoms with Crippen LogP contribution in [-0.4, -0.2) is 36.6 Å². The van der Waals surface area contributed by atoms with Crippen molar-refractivity contribution >= 4 is 17.6 Å². The highest BCUT2D eigenvalue weighted by Crippen LogP contribution is 2.23. The fraction of sp³-hybridized carbons (Fsp3) is 0.125. The highest BCUT2D eigenvalue weighted by atomic mass is 16.2. The number of aromatic nitrogens is 5. The summed E-state index contributed by atoms with van der Waals surface area (Å²) < 4.78 is 1.17. The molecule has 3 N–H and O–H groups in total. The van der Waals surface area contributed by atoms with Gasteiger partial charge in [0, 0.05) is 12.5 Å². The zero-order valence-corrected chi connectivity index (χ0v) is 13.6. The van der Waals surface area contributed by atoms with Gasteiger partial charge >= 0.3 is 0 Å². The number of nitrogens with two attached hydrogens (primary N) is 1. The highest BCUT2D eigenvalue weighted by Gasteiger charge is 2.31. The first-order chi connectivity index (χ1) is 12.5. The Balaban J connectivity index is 1.79. The molecule has 0 saturated carbocycles. The number of imide groups is 1. The number of benzene rings is 1. The molecule has 0 saturated heterocycles. The summed E-state index contributed by atoms with van der Waals surface area (Å²) in [7, 11) is 0. The number of anilines is 1. The molecule has 0 radical (unpaired) electrons. The molecule has 3 aromatic rings. The van der Waals surface area contributed by atoms with E-state index in [1.807, 2.05) is 6.92 Å². The molecule has 0 aliphatic carbocycles. The second-order valence-electron chi connectivity index (χ2n) is 5.64. The van der Waals surface area contributed by atoms with Gasteiger partial charge in [-0.15, -0.1) is 15.0 Å². The fourth-order valence-electron chi connectivity index (χ4n) is 2.77. The number of hydrogen-bond donors (Lipinski definition) is 2. The van der Waals surface area contributed by atoms with Crippen molar-refractivity contribution in [2.75, 3.05) is 5.73 Å². The molecule has 4 rings (SSSR count). The van der Waals surface area contributed by atoms with E-state index in [0.717, 1.165) is 6.07 Å². The Bertz CT molecular complexity index is 1110. The molecule has 2 amide bonds. The van der Waals surface area contributed by atoms with Crippen molar-refractivity contribution < 1.29 is 9.59 Å². The van der Waals surface area contributed by atoms with E-state index < -0.39 is 17.4 Å². The third kappa shape index (κ3) is 2.27. The van der Waals surface area contributed by atoms with Gasteiger partial charge in [0.15, 0.2) is 5.82 Å². The number of nitrogens with one attached hydrogen (secondary N) is 1. The molecule has 10 nitrogen and oxygen atoms in total. The van der Waals surface area contributed by atoms with Crippen molar-refractivity contribution in [3.05, 3.63) is 57.6 Å². The van der Waals surface area contributed by atoms with E-state index in [1.54, 1.807) is 24.3 Å². The molecular formula is C16H13N7O3. The van der Waals surface area contributed by atoms with E-state index in [4.69, 9.17) is 5.73 Å². The maximum atomic E-state index is 12.4. The summed E-state index contributed by atoms with van der Waals surface area (Å²) in [6.07, 6.45) is 0.667. The molecule has 10 heteroatoms. The van der Waals surface area contributed by atoms with Crippen LogP contribution in [0.4, 0.5) is 5.82 Å². The van der Waals surface area contributed by atoms with Crippen molar-refractivity contribution in [2.24, 2.45) is 0 Å². The average Bonchev–Trinajstić information content (AvgIpc) is 3.20. The second kappa shape index (κ2) is 5.62. The lowest BCUT2D eigenvalue weighted by Gasteiger charge is -2.12. The van der Waals surface area contributed by atoms with Crippen molar-refractivity contribution in [3.8, 4) is 11.4 Å². The van der Waals surface area contributed by atoms with Gasteiger partial charge in [-0.25, -0.2) is 0 Å². The minimum Gasteiger partial charge on any atom is -0.384 e. The number of nitrogen functional groups attached to an aromatic ring is 1. The lowest BCUT2D eigenvalue weighted by molar-refractivity contribution is 0.0880. The fourth-order valence-corrected chi connectivity index (χ4v) is 2.77. The summed E-state index contributed by atoms with van der Waals surface area (Å²) in [5.74, 6) is -0.716. The minimum absolute atomic E-state index is 0.00390. The second-order valence-corrected chi connectivity index (χ2v) is 5.64. The number of rotatable bonds is 3. The summed E-state index contributed by atoms with van der Waals surface area (Å²) >= 11 is 0. The van der Waals surface area contributed by atoms with Gasteiger partial charge in [-0.3, -0.25) is 24.3 Å². The standard InChI is InChI=1S/C16H13N7O3/c1-2-11-19-21-23(20-11)9-5-3-8(4-6-9)22-12(24)7-10-13(14(22)17)16(26)18-15(10)25/h3-7H,2,17H2,1H3,(H,18,25,26). The van der Waals surface area contributed by atoms with E-state index in [1.165, 1.54) is 9.36 Å². The number of amides is 2. The van der Waals surface area contributed by atoms with Crippen LogP contribution < -0.4 is 16.6 Å². The first-order valence-corrected chi connectivity index (χ1v) is 7.80. The Morgan fingerprint density at radius 1 is 1.08 bits per heavy atom. The lowest BCUT2D eigenvalue weighted by atomic mass is 10.1. The third-order valence-corrected chi connectivity index (χ3v) is 4.06. The van der Waals surface area contributed by atoms with Crippen LogP contribution in [0.25, 0.3) is 11.4 Å². The van der Waals surface area contributed by atoms with Crippen LogP contribution in [0, 0.1) is 0 Å². The Kier molecular flexibility index (Phi) is 3.39. The van der Waals surface area contributed by atoms with Crippen LogP contribution in [-0.2, 0) is 6.42 Å². The highest BCUT2D eigenvalue weighted by molar-refractivity contribution is 6.23. The summed E-state index contributed by atoms with van der Waals surface area (Å²) in [6.45, 7) is 1.92. The molecule has 2 aromatic heterocycles. The number of carbonyl (C=O) groups excluding carboxylic acids is 2. The normalized spacial score (nSPS) is 13.0. The van der Waals surface area contributed by atoms with Gasteiger partial charge in [0.25, 0.3) is 17.4 Å². The van der Waals surface area contributed by atoms with Gasteiger partial charge in [0.1, 0.15) is 5.82 Å². The monoisotopic (exact) mass is 351 g/mol. The van der Waals surface area contributed by atoms with Gasteiger partial charge in [0.2, 0.25) is 0 Å².